The average Bonchev–Trinajstić information content (AvgIpc) is 3.14. The Kier molecular flexibility index (Phi) is 7.56. The van der Waals surface area contributed by atoms with E-state index in [0.717, 1.165) is 0 Å². The van der Waals surface area contributed by atoms with Crippen molar-refractivity contribution in [2.75, 3.05) is 31.1 Å². The monoisotopic (exact) mass is 487 g/mol. The number of hydrogen-bond donors (Lipinski definition) is 0. The first-order chi connectivity index (χ1) is 15.0. The van der Waals surface area contributed by atoms with E-state index >= 15 is 0 Å². The van der Waals surface area contributed by atoms with Gasteiger partial charge in [0.25, 0.3) is 5.91 Å². The minimum absolute atomic E-state index is 0.0517. The molecule has 2 aliphatic rings. The first-order valence-electron chi connectivity index (χ1n) is 10.7. The van der Waals surface area contributed by atoms with Gasteiger partial charge < -0.3 is 9.64 Å². The predicted octanol–water partition coefficient (Wildman–Crippen LogP) is 0.450. The Bertz CT molecular complexity index is 1040. The highest BCUT2D eigenvalue weighted by atomic mass is 32.2. The maximum absolute atomic E-state index is 12.8. The number of ether oxygens (including phenoxy) is 1. The van der Waals surface area contributed by atoms with Gasteiger partial charge in [0.05, 0.1) is 17.4 Å². The molecule has 1 aromatic rings. The molecule has 32 heavy (non-hydrogen) atoms. The normalized spacial score (nSPS) is 22.9. The quantitative estimate of drug-likeness (QED) is 0.507. The van der Waals surface area contributed by atoms with Gasteiger partial charge in [0.1, 0.15) is 4.90 Å². The molecule has 2 atom stereocenters. The summed E-state index contributed by atoms with van der Waals surface area (Å²) in [5.74, 6) is -1.49. The zero-order valence-electron chi connectivity index (χ0n) is 18.2. The standard InChI is InChI=1S/C20H29N3O7S2/c1-3-23(17-8-12-31(26,27)14-17)19(24)15(2)30-20(25)16-6-10-22(11-7-16)32(28,29)18-5-4-9-21-13-18/h4-5,9,13,15-17H,3,6-8,10-12,14H2,1-2H3. The SMILES string of the molecule is CCN(C(=O)C(C)OC(=O)C1CCN(S(=O)(=O)c2cccnc2)CC1)C1CCS(=O)(=O)C1. The molecule has 0 N–H and O–H groups in total. The molecular weight excluding hydrogens is 458 g/mol. The number of amides is 1. The van der Waals surface area contributed by atoms with Crippen LogP contribution in [-0.4, -0.2) is 86.2 Å². The number of pyridine rings is 1. The summed E-state index contributed by atoms with van der Waals surface area (Å²) in [7, 11) is -6.82. The lowest BCUT2D eigenvalue weighted by Crippen LogP contribution is -2.47. The largest absolute Gasteiger partial charge is 0.452 e. The van der Waals surface area contributed by atoms with Gasteiger partial charge in [-0.1, -0.05) is 0 Å². The summed E-state index contributed by atoms with van der Waals surface area (Å²) < 4.78 is 55.6. The molecule has 0 aliphatic carbocycles. The molecule has 12 heteroatoms. The van der Waals surface area contributed by atoms with Crippen LogP contribution in [0.1, 0.15) is 33.1 Å². The van der Waals surface area contributed by atoms with Crippen molar-refractivity contribution in [2.45, 2.75) is 50.2 Å². The molecule has 0 aromatic carbocycles. The van der Waals surface area contributed by atoms with Crippen molar-refractivity contribution in [3.63, 3.8) is 0 Å². The van der Waals surface area contributed by atoms with Crippen molar-refractivity contribution in [3.8, 4) is 0 Å². The third-order valence-electron chi connectivity index (χ3n) is 5.97. The fraction of sp³-hybridized carbons (Fsp3) is 0.650. The van der Waals surface area contributed by atoms with Crippen molar-refractivity contribution in [3.05, 3.63) is 24.5 Å². The van der Waals surface area contributed by atoms with Gasteiger partial charge in [-0.05, 0) is 45.2 Å². The fourth-order valence-corrected chi connectivity index (χ4v) is 7.32. The lowest BCUT2D eigenvalue weighted by atomic mass is 9.98. The zero-order valence-corrected chi connectivity index (χ0v) is 19.8. The van der Waals surface area contributed by atoms with Crippen LogP contribution < -0.4 is 0 Å². The van der Waals surface area contributed by atoms with E-state index in [0.29, 0.717) is 13.0 Å². The van der Waals surface area contributed by atoms with E-state index < -0.39 is 49.8 Å². The van der Waals surface area contributed by atoms with Crippen LogP contribution in [0.5, 0.6) is 0 Å². The highest BCUT2D eigenvalue weighted by Crippen LogP contribution is 2.25. The van der Waals surface area contributed by atoms with Crippen LogP contribution in [-0.2, 0) is 34.2 Å². The molecule has 178 valence electrons. The van der Waals surface area contributed by atoms with Gasteiger partial charge in [-0.2, -0.15) is 4.31 Å². The Hall–Kier alpha value is -2.05. The number of hydrogen-bond acceptors (Lipinski definition) is 8. The minimum atomic E-state index is -3.67. The van der Waals surface area contributed by atoms with Crippen LogP contribution in [0.3, 0.4) is 0 Å². The molecule has 1 aromatic heterocycles. The topological polar surface area (TPSA) is 131 Å². The lowest BCUT2D eigenvalue weighted by Gasteiger charge is -2.32. The van der Waals surface area contributed by atoms with E-state index in [-0.39, 0.29) is 42.3 Å². The zero-order chi connectivity index (χ0) is 23.5. The summed E-state index contributed by atoms with van der Waals surface area (Å²) in [5, 5.41) is 0. The fourth-order valence-electron chi connectivity index (χ4n) is 4.15. The van der Waals surface area contributed by atoms with Crippen LogP contribution in [0, 0.1) is 5.92 Å². The molecule has 0 saturated carbocycles. The smallest absolute Gasteiger partial charge is 0.309 e. The van der Waals surface area contributed by atoms with Gasteiger partial charge >= 0.3 is 5.97 Å². The molecule has 10 nitrogen and oxygen atoms in total. The number of nitrogens with zero attached hydrogens (tertiary/aromatic N) is 3. The van der Waals surface area contributed by atoms with E-state index in [2.05, 4.69) is 4.98 Å². The molecule has 2 saturated heterocycles. The number of sulfone groups is 1. The Labute approximate surface area is 188 Å². The molecule has 1 amide bonds. The van der Waals surface area contributed by atoms with Crippen LogP contribution in [0.25, 0.3) is 0 Å². The van der Waals surface area contributed by atoms with Gasteiger partial charge in [0.2, 0.25) is 10.0 Å². The summed E-state index contributed by atoms with van der Waals surface area (Å²) in [6, 6.07) is 2.63. The van der Waals surface area contributed by atoms with Gasteiger partial charge in [-0.3, -0.25) is 14.6 Å². The Morgan fingerprint density at radius 1 is 1.28 bits per heavy atom. The molecule has 2 aliphatic heterocycles. The van der Waals surface area contributed by atoms with Gasteiger partial charge in [0.15, 0.2) is 15.9 Å². The highest BCUT2D eigenvalue weighted by Gasteiger charge is 2.38. The van der Waals surface area contributed by atoms with Crippen molar-refractivity contribution in [2.24, 2.45) is 5.92 Å². The molecule has 2 unspecified atom stereocenters. The van der Waals surface area contributed by atoms with Gasteiger partial charge in [-0.25, -0.2) is 16.8 Å². The maximum Gasteiger partial charge on any atom is 0.309 e. The van der Waals surface area contributed by atoms with Crippen LogP contribution in [0.15, 0.2) is 29.4 Å². The van der Waals surface area contributed by atoms with Crippen molar-refractivity contribution in [1.29, 1.82) is 0 Å². The summed E-state index contributed by atoms with van der Waals surface area (Å²) in [6.45, 7) is 3.90. The van der Waals surface area contributed by atoms with Crippen LogP contribution in [0.2, 0.25) is 0 Å². The number of piperidine rings is 1. The van der Waals surface area contributed by atoms with Crippen molar-refractivity contribution < 1.29 is 31.2 Å². The minimum Gasteiger partial charge on any atom is -0.452 e. The Morgan fingerprint density at radius 2 is 1.97 bits per heavy atom. The lowest BCUT2D eigenvalue weighted by molar-refractivity contribution is -0.164. The number of sulfonamides is 1. The number of aromatic nitrogens is 1. The number of likely N-dealkylation sites (N-methyl/N-ethyl adjacent to an activating group) is 1. The van der Waals surface area contributed by atoms with Crippen LogP contribution >= 0.6 is 0 Å². The number of carbonyl (C=O) groups is 2. The summed E-state index contributed by atoms with van der Waals surface area (Å²) in [6.07, 6.45) is 2.71. The third-order valence-corrected chi connectivity index (χ3v) is 9.61. The van der Waals surface area contributed by atoms with E-state index in [1.807, 2.05) is 0 Å². The highest BCUT2D eigenvalue weighted by molar-refractivity contribution is 7.91. The predicted molar refractivity (Wildman–Crippen MR) is 116 cm³/mol. The van der Waals surface area contributed by atoms with Gasteiger partial charge in [0, 0.05) is 38.1 Å². The molecule has 0 spiro atoms. The Balaban J connectivity index is 1.54. The maximum atomic E-state index is 12.8. The average molecular weight is 488 g/mol. The van der Waals surface area contributed by atoms with Crippen molar-refractivity contribution >= 4 is 31.7 Å². The summed E-state index contributed by atoms with van der Waals surface area (Å²) in [4.78, 5) is 30.8. The van der Waals surface area contributed by atoms with E-state index in [1.54, 1.807) is 13.0 Å². The molecular formula is C20H29N3O7S2. The van der Waals surface area contributed by atoms with Crippen LogP contribution in [0.4, 0.5) is 0 Å². The summed E-state index contributed by atoms with van der Waals surface area (Å²) >= 11 is 0. The second-order valence-electron chi connectivity index (χ2n) is 8.13. The Morgan fingerprint density at radius 3 is 2.50 bits per heavy atom. The van der Waals surface area contributed by atoms with Gasteiger partial charge in [-0.15, -0.1) is 0 Å². The van der Waals surface area contributed by atoms with E-state index in [4.69, 9.17) is 4.74 Å². The molecule has 0 bridgehead atoms. The second-order valence-corrected chi connectivity index (χ2v) is 12.3. The summed E-state index contributed by atoms with van der Waals surface area (Å²) in [5.41, 5.74) is 0. The third kappa shape index (κ3) is 5.46. The van der Waals surface area contributed by atoms with Crippen molar-refractivity contribution in [1.82, 2.24) is 14.2 Å². The second kappa shape index (κ2) is 9.84. The molecule has 3 heterocycles. The number of rotatable bonds is 7. The number of esters is 1. The first-order valence-corrected chi connectivity index (χ1v) is 13.9. The molecule has 2 fully saturated rings. The van der Waals surface area contributed by atoms with E-state index in [1.165, 1.54) is 34.6 Å². The first kappa shape index (κ1) is 24.6. The molecule has 0 radical (unpaired) electrons. The van der Waals surface area contributed by atoms with E-state index in [9.17, 15) is 26.4 Å². The molecule has 3 rings (SSSR count). The number of carbonyl (C=O) groups excluding carboxylic acids is 2.